The lowest BCUT2D eigenvalue weighted by Gasteiger charge is -1.84. The summed E-state index contributed by atoms with van der Waals surface area (Å²) in [5.74, 6) is 0.488. The van der Waals surface area contributed by atoms with E-state index in [0.29, 0.717) is 5.96 Å². The van der Waals surface area contributed by atoms with E-state index in [2.05, 4.69) is 16.7 Å². The van der Waals surface area contributed by atoms with Crippen molar-refractivity contribution in [1.82, 2.24) is 0 Å². The van der Waals surface area contributed by atoms with E-state index < -0.39 is 0 Å². The van der Waals surface area contributed by atoms with Crippen LogP contribution >= 0.6 is 0 Å². The molecule has 0 bridgehead atoms. The molecule has 0 fully saturated rings. The Morgan fingerprint density at radius 1 is 1.70 bits per heavy atom. The van der Waals surface area contributed by atoms with Gasteiger partial charge in [-0.25, -0.2) is 0 Å². The summed E-state index contributed by atoms with van der Waals surface area (Å²) in [5.41, 5.74) is 8.09. The number of hydrogen-bond acceptors (Lipinski definition) is 1. The van der Waals surface area contributed by atoms with Gasteiger partial charge in [0.25, 0.3) is 0 Å². The van der Waals surface area contributed by atoms with Crippen LogP contribution in [0.1, 0.15) is 0 Å². The van der Waals surface area contributed by atoms with Crippen LogP contribution < -0.4 is 0 Å². The van der Waals surface area contributed by atoms with Crippen LogP contribution in [0.15, 0.2) is 17.5 Å². The average Bonchev–Trinajstić information content (AvgIpc) is 2.20. The van der Waals surface area contributed by atoms with E-state index in [0.717, 1.165) is 0 Å². The minimum Gasteiger partial charge on any atom is -0.198 e. The molecule has 0 aromatic heterocycles. The van der Waals surface area contributed by atoms with Gasteiger partial charge < -0.3 is 0 Å². The van der Waals surface area contributed by atoms with Crippen molar-refractivity contribution in [3.63, 3.8) is 0 Å². The molecule has 0 N–H and O–H groups in total. The summed E-state index contributed by atoms with van der Waals surface area (Å²) in [4.78, 5) is 2.64. The van der Waals surface area contributed by atoms with Gasteiger partial charge in [0.2, 0.25) is 0 Å². The summed E-state index contributed by atoms with van der Waals surface area (Å²) < 4.78 is 3.19. The number of hydrogen-bond donors (Lipinski definition) is 0. The second kappa shape index (κ2) is 2.33. The van der Waals surface area contributed by atoms with Crippen LogP contribution in [0.5, 0.6) is 0 Å². The third-order valence-electron chi connectivity index (χ3n) is 1.18. The molecule has 0 radical (unpaired) electrons. The Morgan fingerprint density at radius 3 is 2.80 bits per heavy atom. The lowest BCUT2D eigenvalue weighted by atomic mass is 10.9. The van der Waals surface area contributed by atoms with Crippen molar-refractivity contribution in [1.29, 1.82) is 0 Å². The molecule has 0 saturated heterocycles. The van der Waals surface area contributed by atoms with Gasteiger partial charge in [-0.15, -0.1) is 0 Å². The first-order valence-electron chi connectivity index (χ1n) is 2.68. The first-order chi connectivity index (χ1) is 4.75. The minimum absolute atomic E-state index is 0.488. The molecule has 1 heterocycles. The Bertz CT molecular complexity index is 278. The Hall–Kier alpha value is -1.61. The van der Waals surface area contributed by atoms with Crippen LogP contribution in [-0.2, 0) is 0 Å². The maximum absolute atomic E-state index is 8.09. The van der Waals surface area contributed by atoms with Crippen molar-refractivity contribution in [2.75, 3.05) is 7.05 Å². The van der Waals surface area contributed by atoms with Crippen LogP contribution in [0.3, 0.4) is 0 Å². The summed E-state index contributed by atoms with van der Waals surface area (Å²) >= 11 is 0. The molecule has 1 rings (SSSR count). The number of nitrogens with zero attached hydrogens (tertiary/aromatic N) is 5. The normalized spacial score (nSPS) is 15.9. The fourth-order valence-corrected chi connectivity index (χ4v) is 0.684. The van der Waals surface area contributed by atoms with Gasteiger partial charge in [0, 0.05) is 10.0 Å². The topological polar surface area (TPSA) is 54.8 Å². The summed E-state index contributed by atoms with van der Waals surface area (Å²) in [6.07, 6.45) is 3.47. The van der Waals surface area contributed by atoms with E-state index in [4.69, 9.17) is 5.53 Å². The van der Waals surface area contributed by atoms with E-state index in [1.807, 2.05) is 0 Å². The Labute approximate surface area is 57.8 Å². The molecule has 0 spiro atoms. The second-order valence-electron chi connectivity index (χ2n) is 1.87. The van der Waals surface area contributed by atoms with Crippen molar-refractivity contribution in [3.05, 3.63) is 22.8 Å². The van der Waals surface area contributed by atoms with Gasteiger partial charge in [0.15, 0.2) is 12.4 Å². The zero-order chi connectivity index (χ0) is 7.56. The smallest absolute Gasteiger partial charge is 0.198 e. The van der Waals surface area contributed by atoms with E-state index in [1.54, 1.807) is 24.0 Å². The third kappa shape index (κ3) is 0.897. The van der Waals surface area contributed by atoms with Gasteiger partial charge in [0.05, 0.1) is 6.72 Å². The second-order valence-corrected chi connectivity index (χ2v) is 1.87. The van der Waals surface area contributed by atoms with E-state index in [1.165, 1.54) is 4.58 Å². The Kier molecular flexibility index (Phi) is 1.51. The summed E-state index contributed by atoms with van der Waals surface area (Å²) in [7, 11) is 1.78. The molecule has 50 valence electrons. The van der Waals surface area contributed by atoms with Gasteiger partial charge >= 0.3 is 5.96 Å². The van der Waals surface area contributed by atoms with Crippen LogP contribution in [0.2, 0.25) is 0 Å². The summed E-state index contributed by atoms with van der Waals surface area (Å²) in [6.45, 7) is 3.59. The van der Waals surface area contributed by atoms with Crippen LogP contribution in [0.4, 0.5) is 0 Å². The van der Waals surface area contributed by atoms with Crippen LogP contribution in [0.25, 0.3) is 10.4 Å². The van der Waals surface area contributed by atoms with Gasteiger partial charge in [0.1, 0.15) is 7.05 Å². The van der Waals surface area contributed by atoms with E-state index in [-0.39, 0.29) is 0 Å². The number of guanidine groups is 1. The van der Waals surface area contributed by atoms with Gasteiger partial charge in [-0.3, -0.25) is 0 Å². The highest BCUT2D eigenvalue weighted by atomic mass is 15.3. The zero-order valence-corrected chi connectivity index (χ0v) is 5.60. The quantitative estimate of drug-likeness (QED) is 0.202. The van der Waals surface area contributed by atoms with Crippen molar-refractivity contribution in [2.45, 2.75) is 0 Å². The molecule has 0 amide bonds. The maximum atomic E-state index is 8.09. The standard InChI is InChI=1S/C5H7N5/c1-9-3-4-10(2)5(9)7-8-6/h3-4H,1H2,2H3/q+2. The first-order valence-corrected chi connectivity index (χ1v) is 2.68. The zero-order valence-electron chi connectivity index (χ0n) is 5.60. The molecule has 5 heteroatoms. The summed E-state index contributed by atoms with van der Waals surface area (Å²) in [5, 5.41) is 3.41. The Morgan fingerprint density at radius 2 is 2.40 bits per heavy atom. The lowest BCUT2D eigenvalue weighted by molar-refractivity contribution is -0.458. The molecule has 0 aromatic carbocycles. The molecule has 0 aromatic rings. The molecule has 1 aliphatic rings. The fourth-order valence-electron chi connectivity index (χ4n) is 0.684. The van der Waals surface area contributed by atoms with Crippen molar-refractivity contribution in [3.8, 4) is 0 Å². The SMILES string of the molecule is C=[N+]1C=C[N+](C)=C1N=[N+]=[N-]. The molecule has 0 saturated carbocycles. The predicted octanol–water partition coefficient (Wildman–Crippen LogP) is 0.493. The molecule has 5 nitrogen and oxygen atoms in total. The minimum atomic E-state index is 0.488. The first kappa shape index (κ1) is 6.51. The highest BCUT2D eigenvalue weighted by Crippen LogP contribution is 1.94. The Balaban J connectivity index is 3.07. The van der Waals surface area contributed by atoms with E-state index >= 15 is 0 Å². The lowest BCUT2D eigenvalue weighted by Crippen LogP contribution is -2.13. The molecular formula is C5H7N5+2. The molecule has 0 atom stereocenters. The van der Waals surface area contributed by atoms with Gasteiger partial charge in [-0.1, -0.05) is 0 Å². The monoisotopic (exact) mass is 137 g/mol. The van der Waals surface area contributed by atoms with Crippen molar-refractivity contribution < 1.29 is 9.15 Å². The summed E-state index contributed by atoms with van der Waals surface area (Å²) in [6, 6.07) is 0. The third-order valence-corrected chi connectivity index (χ3v) is 1.18. The molecular weight excluding hydrogens is 130 g/mol. The van der Waals surface area contributed by atoms with Crippen molar-refractivity contribution >= 4 is 12.7 Å². The molecule has 0 aliphatic carbocycles. The van der Waals surface area contributed by atoms with Crippen LogP contribution in [0, 0.1) is 0 Å². The number of rotatable bonds is 0. The number of azide groups is 1. The average molecular weight is 137 g/mol. The largest absolute Gasteiger partial charge is 0.411 e. The van der Waals surface area contributed by atoms with Crippen LogP contribution in [-0.4, -0.2) is 28.9 Å². The van der Waals surface area contributed by atoms with Gasteiger partial charge in [-0.2, -0.15) is 9.15 Å². The molecule has 10 heavy (non-hydrogen) atoms. The fraction of sp³-hybridized carbons (Fsp3) is 0.200. The molecule has 1 aliphatic heterocycles. The highest BCUT2D eigenvalue weighted by Gasteiger charge is 2.17. The highest BCUT2D eigenvalue weighted by molar-refractivity contribution is 5.70. The van der Waals surface area contributed by atoms with E-state index in [9.17, 15) is 0 Å². The predicted molar refractivity (Wildman–Crippen MR) is 36.9 cm³/mol. The van der Waals surface area contributed by atoms with Gasteiger partial charge in [-0.05, 0) is 5.53 Å². The van der Waals surface area contributed by atoms with Crippen molar-refractivity contribution in [2.24, 2.45) is 5.11 Å². The maximum Gasteiger partial charge on any atom is 0.411 e. The molecule has 0 unspecified atom stereocenters.